The van der Waals surface area contributed by atoms with E-state index in [0.29, 0.717) is 16.4 Å². The number of benzene rings is 1. The Labute approximate surface area is 169 Å². The number of anilines is 2. The van der Waals surface area contributed by atoms with Gasteiger partial charge in [-0.25, -0.2) is 4.98 Å². The summed E-state index contributed by atoms with van der Waals surface area (Å²) < 4.78 is 43.2. The molecule has 2 amide bonds. The lowest BCUT2D eigenvalue weighted by atomic mass is 10.1. The SMILES string of the molecule is CCN(C(=O)C(F)(F)F)c1ccc(C(=O)Nc2ccc3ccc(OC)nc3n2)cc1. The summed E-state index contributed by atoms with van der Waals surface area (Å²) in [6.07, 6.45) is -4.98. The highest BCUT2D eigenvalue weighted by molar-refractivity contribution is 6.04. The van der Waals surface area contributed by atoms with Gasteiger partial charge in [0.05, 0.1) is 7.11 Å². The first-order chi connectivity index (χ1) is 14.2. The van der Waals surface area contributed by atoms with Crippen molar-refractivity contribution in [2.75, 3.05) is 23.9 Å². The van der Waals surface area contributed by atoms with E-state index in [4.69, 9.17) is 4.74 Å². The number of hydrogen-bond donors (Lipinski definition) is 1. The van der Waals surface area contributed by atoms with Crippen LogP contribution in [0.3, 0.4) is 0 Å². The lowest BCUT2D eigenvalue weighted by Gasteiger charge is -2.22. The summed E-state index contributed by atoms with van der Waals surface area (Å²) in [4.78, 5) is 33.0. The Kier molecular flexibility index (Phi) is 5.86. The number of rotatable bonds is 5. The summed E-state index contributed by atoms with van der Waals surface area (Å²) in [6.45, 7) is 1.26. The van der Waals surface area contributed by atoms with Crippen LogP contribution < -0.4 is 15.0 Å². The van der Waals surface area contributed by atoms with Gasteiger partial charge in [-0.15, -0.1) is 0 Å². The summed E-state index contributed by atoms with van der Waals surface area (Å²) in [6, 6.07) is 12.0. The van der Waals surface area contributed by atoms with Gasteiger partial charge < -0.3 is 15.0 Å². The van der Waals surface area contributed by atoms with Gasteiger partial charge in [0.25, 0.3) is 5.91 Å². The number of fused-ring (bicyclic) bond motifs is 1. The van der Waals surface area contributed by atoms with E-state index in [2.05, 4.69) is 15.3 Å². The number of methoxy groups -OCH3 is 1. The van der Waals surface area contributed by atoms with E-state index in [1.165, 1.54) is 38.3 Å². The van der Waals surface area contributed by atoms with E-state index >= 15 is 0 Å². The predicted octanol–water partition coefficient (Wildman–Crippen LogP) is 3.81. The average molecular weight is 418 g/mol. The van der Waals surface area contributed by atoms with Gasteiger partial charge in [0.15, 0.2) is 5.65 Å². The van der Waals surface area contributed by atoms with Crippen LogP contribution in [0.25, 0.3) is 11.0 Å². The highest BCUT2D eigenvalue weighted by Crippen LogP contribution is 2.24. The number of amides is 2. The number of carbonyl (C=O) groups is 2. The van der Waals surface area contributed by atoms with Crippen LogP contribution in [-0.4, -0.2) is 41.6 Å². The zero-order chi connectivity index (χ0) is 21.9. The van der Waals surface area contributed by atoms with E-state index in [1.807, 2.05) is 0 Å². The lowest BCUT2D eigenvalue weighted by Crippen LogP contribution is -2.41. The van der Waals surface area contributed by atoms with Gasteiger partial charge in [-0.3, -0.25) is 9.59 Å². The molecule has 10 heteroatoms. The molecule has 3 aromatic rings. The minimum absolute atomic E-state index is 0.0384. The van der Waals surface area contributed by atoms with Gasteiger partial charge in [-0.1, -0.05) is 0 Å². The molecule has 156 valence electrons. The van der Waals surface area contributed by atoms with E-state index in [1.54, 1.807) is 24.3 Å². The molecule has 2 aromatic heterocycles. The number of pyridine rings is 2. The molecule has 3 rings (SSSR count). The number of nitrogens with zero attached hydrogens (tertiary/aromatic N) is 3. The smallest absolute Gasteiger partial charge is 0.471 e. The van der Waals surface area contributed by atoms with Crippen molar-refractivity contribution in [1.29, 1.82) is 0 Å². The lowest BCUT2D eigenvalue weighted by molar-refractivity contribution is -0.170. The predicted molar refractivity (Wildman–Crippen MR) is 105 cm³/mol. The molecule has 7 nitrogen and oxygen atoms in total. The molecule has 0 unspecified atom stereocenters. The van der Waals surface area contributed by atoms with Crippen LogP contribution in [0.5, 0.6) is 5.88 Å². The maximum Gasteiger partial charge on any atom is 0.471 e. The average Bonchev–Trinajstić information content (AvgIpc) is 2.73. The van der Waals surface area contributed by atoms with Crippen molar-refractivity contribution in [3.8, 4) is 5.88 Å². The number of nitrogens with one attached hydrogen (secondary N) is 1. The maximum absolute atomic E-state index is 12.7. The van der Waals surface area contributed by atoms with Crippen molar-refractivity contribution in [1.82, 2.24) is 9.97 Å². The molecule has 0 atom stereocenters. The molecule has 0 radical (unpaired) electrons. The molecule has 0 bridgehead atoms. The zero-order valence-corrected chi connectivity index (χ0v) is 16.0. The second kappa shape index (κ2) is 8.36. The second-order valence-corrected chi connectivity index (χ2v) is 6.14. The molecule has 0 aliphatic rings. The minimum atomic E-state index is -4.98. The van der Waals surface area contributed by atoms with Gasteiger partial charge in [-0.2, -0.15) is 18.2 Å². The first-order valence-corrected chi connectivity index (χ1v) is 8.85. The molecule has 0 spiro atoms. The number of aromatic nitrogens is 2. The van der Waals surface area contributed by atoms with Crippen molar-refractivity contribution in [3.63, 3.8) is 0 Å². The van der Waals surface area contributed by atoms with Gasteiger partial charge in [0.1, 0.15) is 5.82 Å². The van der Waals surface area contributed by atoms with Crippen LogP contribution in [0, 0.1) is 0 Å². The van der Waals surface area contributed by atoms with Crippen LogP contribution in [-0.2, 0) is 4.79 Å². The third kappa shape index (κ3) is 4.48. The molecular formula is C20H17F3N4O3. The largest absolute Gasteiger partial charge is 0.481 e. The zero-order valence-electron chi connectivity index (χ0n) is 16.0. The van der Waals surface area contributed by atoms with Crippen molar-refractivity contribution >= 4 is 34.4 Å². The van der Waals surface area contributed by atoms with E-state index in [-0.39, 0.29) is 23.6 Å². The quantitative estimate of drug-likeness (QED) is 0.681. The number of hydrogen-bond acceptors (Lipinski definition) is 5. The van der Waals surface area contributed by atoms with Gasteiger partial charge in [-0.05, 0) is 49.4 Å². The highest BCUT2D eigenvalue weighted by atomic mass is 19.4. The van der Waals surface area contributed by atoms with E-state index in [9.17, 15) is 22.8 Å². The first-order valence-electron chi connectivity index (χ1n) is 8.85. The van der Waals surface area contributed by atoms with Crippen molar-refractivity contribution < 1.29 is 27.5 Å². The summed E-state index contributed by atoms with van der Waals surface area (Å²) >= 11 is 0. The Morgan fingerprint density at radius 2 is 1.70 bits per heavy atom. The molecule has 0 saturated carbocycles. The molecule has 0 fully saturated rings. The number of ether oxygens (including phenoxy) is 1. The Hall–Kier alpha value is -3.69. The third-order valence-corrected chi connectivity index (χ3v) is 4.22. The van der Waals surface area contributed by atoms with Crippen LogP contribution >= 0.6 is 0 Å². The Morgan fingerprint density at radius 1 is 1.03 bits per heavy atom. The summed E-state index contributed by atoms with van der Waals surface area (Å²) in [5.41, 5.74) is 0.609. The number of carbonyl (C=O) groups excluding carboxylic acids is 2. The van der Waals surface area contributed by atoms with Gasteiger partial charge in [0, 0.05) is 29.2 Å². The third-order valence-electron chi connectivity index (χ3n) is 4.22. The normalized spacial score (nSPS) is 11.2. The fourth-order valence-electron chi connectivity index (χ4n) is 2.74. The Morgan fingerprint density at radius 3 is 2.30 bits per heavy atom. The number of halogens is 3. The molecule has 0 saturated heterocycles. The molecule has 0 aliphatic carbocycles. The van der Waals surface area contributed by atoms with Crippen LogP contribution in [0.4, 0.5) is 24.7 Å². The minimum Gasteiger partial charge on any atom is -0.481 e. The van der Waals surface area contributed by atoms with Crippen LogP contribution in [0.1, 0.15) is 17.3 Å². The number of alkyl halides is 3. The van der Waals surface area contributed by atoms with E-state index < -0.39 is 18.0 Å². The first kappa shape index (κ1) is 21.0. The highest BCUT2D eigenvalue weighted by Gasteiger charge is 2.42. The summed E-state index contributed by atoms with van der Waals surface area (Å²) in [7, 11) is 1.48. The molecule has 1 aromatic carbocycles. The Bertz CT molecular complexity index is 1080. The summed E-state index contributed by atoms with van der Waals surface area (Å²) in [5, 5.41) is 3.36. The molecule has 1 N–H and O–H groups in total. The van der Waals surface area contributed by atoms with Crippen LogP contribution in [0.2, 0.25) is 0 Å². The monoisotopic (exact) mass is 418 g/mol. The van der Waals surface area contributed by atoms with Gasteiger partial charge >= 0.3 is 12.1 Å². The van der Waals surface area contributed by atoms with Crippen molar-refractivity contribution in [3.05, 3.63) is 54.1 Å². The maximum atomic E-state index is 12.7. The fourth-order valence-corrected chi connectivity index (χ4v) is 2.74. The molecule has 0 aliphatic heterocycles. The van der Waals surface area contributed by atoms with Crippen molar-refractivity contribution in [2.45, 2.75) is 13.1 Å². The fraction of sp³-hybridized carbons (Fsp3) is 0.200. The van der Waals surface area contributed by atoms with Crippen molar-refractivity contribution in [2.24, 2.45) is 0 Å². The standard InChI is InChI=1S/C20H17F3N4O3/c1-3-27(19(29)20(21,22)23)14-8-4-13(5-9-14)18(28)25-15-10-6-12-7-11-16(30-2)26-17(12)24-15/h4-11H,3H2,1-2H3,(H,24,25,26,28). The second-order valence-electron chi connectivity index (χ2n) is 6.14. The van der Waals surface area contributed by atoms with E-state index in [0.717, 1.165) is 5.39 Å². The van der Waals surface area contributed by atoms with Crippen LogP contribution in [0.15, 0.2) is 48.5 Å². The van der Waals surface area contributed by atoms with Gasteiger partial charge in [0.2, 0.25) is 5.88 Å². The topological polar surface area (TPSA) is 84.4 Å². The molecule has 2 heterocycles. The summed E-state index contributed by atoms with van der Waals surface area (Å²) in [5.74, 6) is -1.85. The Balaban J connectivity index is 1.77. The molecule has 30 heavy (non-hydrogen) atoms. The molecular weight excluding hydrogens is 401 g/mol.